The average Bonchev–Trinajstić information content (AvgIpc) is 2.68. The van der Waals surface area contributed by atoms with Crippen LogP contribution in [0.5, 0.6) is 11.5 Å². The zero-order valence-electron chi connectivity index (χ0n) is 15.4. The maximum Gasteiger partial charge on any atom is 0.274 e. The smallest absolute Gasteiger partial charge is 0.274 e. The van der Waals surface area contributed by atoms with Gasteiger partial charge in [0.05, 0.1) is 5.69 Å². The van der Waals surface area contributed by atoms with Crippen molar-refractivity contribution in [2.75, 3.05) is 17.2 Å². The number of rotatable bonds is 7. The molecule has 0 saturated carbocycles. The molecule has 0 aliphatic rings. The van der Waals surface area contributed by atoms with Gasteiger partial charge in [-0.05, 0) is 43.7 Å². The van der Waals surface area contributed by atoms with Gasteiger partial charge < -0.3 is 15.4 Å². The minimum atomic E-state index is -0.316. The quantitative estimate of drug-likeness (QED) is 0.640. The number of benzene rings is 2. The fourth-order valence-electron chi connectivity index (χ4n) is 2.46. The first kappa shape index (κ1) is 18.4. The Labute approximate surface area is 158 Å². The Morgan fingerprint density at radius 3 is 2.56 bits per heavy atom. The number of nitrogens with one attached hydrogen (secondary N) is 2. The summed E-state index contributed by atoms with van der Waals surface area (Å²) in [5.41, 5.74) is 1.60. The van der Waals surface area contributed by atoms with E-state index in [4.69, 9.17) is 4.74 Å². The summed E-state index contributed by atoms with van der Waals surface area (Å²) in [4.78, 5) is 21.3. The number of para-hydroxylation sites is 3. The number of nitrogens with zero attached hydrogens (tertiary/aromatic N) is 2. The summed E-state index contributed by atoms with van der Waals surface area (Å²) < 4.78 is 5.89. The summed E-state index contributed by atoms with van der Waals surface area (Å²) in [5, 5.41) is 5.99. The highest BCUT2D eigenvalue weighted by molar-refractivity contribution is 6.03. The number of aryl methyl sites for hydroxylation is 1. The van der Waals surface area contributed by atoms with Crippen LogP contribution in [0.3, 0.4) is 0 Å². The van der Waals surface area contributed by atoms with E-state index in [1.54, 1.807) is 12.1 Å². The molecule has 0 aliphatic carbocycles. The number of amides is 1. The van der Waals surface area contributed by atoms with Crippen molar-refractivity contribution in [2.45, 2.75) is 20.3 Å². The molecule has 0 aliphatic heterocycles. The zero-order chi connectivity index (χ0) is 19.1. The lowest BCUT2D eigenvalue weighted by Gasteiger charge is -2.12. The number of anilines is 2. The van der Waals surface area contributed by atoms with Crippen molar-refractivity contribution in [2.24, 2.45) is 0 Å². The Kier molecular flexibility index (Phi) is 5.99. The van der Waals surface area contributed by atoms with Crippen LogP contribution in [0.1, 0.15) is 29.5 Å². The zero-order valence-corrected chi connectivity index (χ0v) is 15.4. The van der Waals surface area contributed by atoms with Gasteiger partial charge in [-0.2, -0.15) is 0 Å². The molecule has 2 aromatic carbocycles. The van der Waals surface area contributed by atoms with E-state index in [9.17, 15) is 4.79 Å². The van der Waals surface area contributed by atoms with Crippen LogP contribution in [0.2, 0.25) is 0 Å². The summed E-state index contributed by atoms with van der Waals surface area (Å²) in [6.45, 7) is 4.64. The molecule has 0 atom stereocenters. The fourth-order valence-corrected chi connectivity index (χ4v) is 2.46. The second-order valence-corrected chi connectivity index (χ2v) is 6.01. The molecule has 27 heavy (non-hydrogen) atoms. The fraction of sp³-hybridized carbons (Fsp3) is 0.190. The molecular weight excluding hydrogens is 340 g/mol. The molecule has 0 radical (unpaired) electrons. The molecule has 0 fully saturated rings. The molecule has 0 spiro atoms. The van der Waals surface area contributed by atoms with Gasteiger partial charge in [-0.25, -0.2) is 9.97 Å². The van der Waals surface area contributed by atoms with Crippen molar-refractivity contribution >= 4 is 17.5 Å². The van der Waals surface area contributed by atoms with Crippen molar-refractivity contribution < 1.29 is 9.53 Å². The Morgan fingerprint density at radius 2 is 1.78 bits per heavy atom. The van der Waals surface area contributed by atoms with Crippen LogP contribution >= 0.6 is 0 Å². The minimum absolute atomic E-state index is 0.301. The van der Waals surface area contributed by atoms with E-state index >= 15 is 0 Å². The van der Waals surface area contributed by atoms with Crippen LogP contribution in [-0.4, -0.2) is 22.4 Å². The van der Waals surface area contributed by atoms with Gasteiger partial charge in [-0.15, -0.1) is 0 Å². The largest absolute Gasteiger partial charge is 0.455 e. The molecule has 6 nitrogen and oxygen atoms in total. The van der Waals surface area contributed by atoms with Gasteiger partial charge in [-0.1, -0.05) is 37.3 Å². The molecule has 3 aromatic rings. The highest BCUT2D eigenvalue weighted by Gasteiger charge is 2.13. The second-order valence-electron chi connectivity index (χ2n) is 6.01. The molecule has 1 heterocycles. The first-order valence-corrected chi connectivity index (χ1v) is 8.88. The maximum absolute atomic E-state index is 12.7. The summed E-state index contributed by atoms with van der Waals surface area (Å²) in [5.74, 6) is 1.40. The van der Waals surface area contributed by atoms with E-state index in [2.05, 4.69) is 27.5 Å². The first-order chi connectivity index (χ1) is 13.2. The maximum atomic E-state index is 12.7. The molecule has 0 unspecified atom stereocenters. The van der Waals surface area contributed by atoms with Crippen LogP contribution in [-0.2, 0) is 0 Å². The van der Waals surface area contributed by atoms with Gasteiger partial charge in [0.25, 0.3) is 5.91 Å². The van der Waals surface area contributed by atoms with E-state index in [-0.39, 0.29) is 5.91 Å². The minimum Gasteiger partial charge on any atom is -0.455 e. The summed E-state index contributed by atoms with van der Waals surface area (Å²) >= 11 is 0. The number of aromatic nitrogens is 2. The lowest BCUT2D eigenvalue weighted by Crippen LogP contribution is -2.16. The number of hydrogen-bond acceptors (Lipinski definition) is 5. The number of hydrogen-bond donors (Lipinski definition) is 2. The highest BCUT2D eigenvalue weighted by atomic mass is 16.5. The van der Waals surface area contributed by atoms with Gasteiger partial charge >= 0.3 is 0 Å². The van der Waals surface area contributed by atoms with E-state index in [0.29, 0.717) is 28.8 Å². The SMILES string of the molecule is CCCNc1nc(C)cc(C(=O)Nc2ccccc2Oc2ccccc2)n1. The van der Waals surface area contributed by atoms with Crippen LogP contribution in [0.4, 0.5) is 11.6 Å². The van der Waals surface area contributed by atoms with E-state index in [1.165, 1.54) is 0 Å². The molecule has 1 amide bonds. The normalized spacial score (nSPS) is 10.3. The van der Waals surface area contributed by atoms with Gasteiger partial charge in [0.2, 0.25) is 5.95 Å². The van der Waals surface area contributed by atoms with Crippen molar-refractivity contribution in [1.82, 2.24) is 9.97 Å². The Bertz CT molecular complexity index is 913. The molecule has 6 heteroatoms. The average molecular weight is 362 g/mol. The summed E-state index contributed by atoms with van der Waals surface area (Å²) in [7, 11) is 0. The Hall–Kier alpha value is -3.41. The predicted molar refractivity (Wildman–Crippen MR) is 106 cm³/mol. The third-order valence-electron chi connectivity index (χ3n) is 3.73. The monoisotopic (exact) mass is 362 g/mol. The molecule has 2 N–H and O–H groups in total. The standard InChI is InChI=1S/C21H22N4O2/c1-3-13-22-21-23-15(2)14-18(25-21)20(26)24-17-11-7-8-12-19(17)27-16-9-5-4-6-10-16/h4-12,14H,3,13H2,1-2H3,(H,24,26)(H,22,23,25). The second kappa shape index (κ2) is 8.80. The van der Waals surface area contributed by atoms with Gasteiger partial charge in [-0.3, -0.25) is 4.79 Å². The van der Waals surface area contributed by atoms with E-state index < -0.39 is 0 Å². The number of carbonyl (C=O) groups excluding carboxylic acids is 1. The Balaban J connectivity index is 1.79. The van der Waals surface area contributed by atoms with Gasteiger partial charge in [0, 0.05) is 12.2 Å². The predicted octanol–water partition coefficient (Wildman–Crippen LogP) is 4.65. The van der Waals surface area contributed by atoms with E-state index in [0.717, 1.165) is 18.7 Å². The lowest BCUT2D eigenvalue weighted by atomic mass is 10.2. The van der Waals surface area contributed by atoms with Crippen LogP contribution in [0.25, 0.3) is 0 Å². The molecule has 1 aromatic heterocycles. The van der Waals surface area contributed by atoms with E-state index in [1.807, 2.05) is 55.5 Å². The molecule has 3 rings (SSSR count). The molecular formula is C21H22N4O2. The van der Waals surface area contributed by atoms with Crippen LogP contribution in [0.15, 0.2) is 60.7 Å². The third-order valence-corrected chi connectivity index (χ3v) is 3.73. The third kappa shape index (κ3) is 5.04. The number of ether oxygens (including phenoxy) is 1. The molecule has 0 bridgehead atoms. The van der Waals surface area contributed by atoms with Crippen molar-refractivity contribution in [1.29, 1.82) is 0 Å². The van der Waals surface area contributed by atoms with Crippen LogP contribution < -0.4 is 15.4 Å². The van der Waals surface area contributed by atoms with Crippen molar-refractivity contribution in [3.05, 3.63) is 72.1 Å². The van der Waals surface area contributed by atoms with Crippen molar-refractivity contribution in [3.8, 4) is 11.5 Å². The topological polar surface area (TPSA) is 76.1 Å². The van der Waals surface area contributed by atoms with Crippen molar-refractivity contribution in [3.63, 3.8) is 0 Å². The first-order valence-electron chi connectivity index (χ1n) is 8.88. The molecule has 138 valence electrons. The highest BCUT2D eigenvalue weighted by Crippen LogP contribution is 2.29. The summed E-state index contributed by atoms with van der Waals surface area (Å²) in [6.07, 6.45) is 0.947. The Morgan fingerprint density at radius 1 is 1.04 bits per heavy atom. The number of carbonyl (C=O) groups is 1. The van der Waals surface area contributed by atoms with Gasteiger partial charge in [0.1, 0.15) is 11.4 Å². The lowest BCUT2D eigenvalue weighted by molar-refractivity contribution is 0.102. The van der Waals surface area contributed by atoms with Crippen LogP contribution in [0, 0.1) is 6.92 Å². The summed E-state index contributed by atoms with van der Waals surface area (Å²) in [6, 6.07) is 18.4. The molecule has 0 saturated heterocycles. The van der Waals surface area contributed by atoms with Gasteiger partial charge in [0.15, 0.2) is 5.75 Å².